The van der Waals surface area contributed by atoms with Gasteiger partial charge in [-0.15, -0.1) is 4.68 Å². The van der Waals surface area contributed by atoms with Crippen molar-refractivity contribution < 1.29 is 10.0 Å². The van der Waals surface area contributed by atoms with Gasteiger partial charge in [0.2, 0.25) is 0 Å². The molecule has 0 saturated heterocycles. The number of fused-ring (bicyclic) bond motifs is 2. The summed E-state index contributed by atoms with van der Waals surface area (Å²) in [5.74, 6) is 0.316. The molecule has 120 valence electrons. The minimum atomic E-state index is -0.658. The van der Waals surface area contributed by atoms with Crippen molar-refractivity contribution in [3.8, 4) is 0 Å². The molecule has 0 amide bonds. The Morgan fingerprint density at radius 3 is 2.82 bits per heavy atom. The number of halogens is 1. The summed E-state index contributed by atoms with van der Waals surface area (Å²) >= 11 is 6.02. The summed E-state index contributed by atoms with van der Waals surface area (Å²) in [5, 5.41) is 27.3. The van der Waals surface area contributed by atoms with Gasteiger partial charge in [-0.25, -0.2) is 0 Å². The molecular weight excluding hydrogens is 312 g/mol. The predicted molar refractivity (Wildman–Crippen MR) is 80.0 cm³/mol. The Hall–Kier alpha value is -1.67. The van der Waals surface area contributed by atoms with Gasteiger partial charge in [0, 0.05) is 18.6 Å². The van der Waals surface area contributed by atoms with E-state index in [1.807, 2.05) is 0 Å². The monoisotopic (exact) mass is 328 g/mol. The van der Waals surface area contributed by atoms with Crippen molar-refractivity contribution in [2.24, 2.45) is 24.8 Å². The molecule has 8 nitrogen and oxygen atoms in total. The van der Waals surface area contributed by atoms with Crippen LogP contribution in [0.5, 0.6) is 0 Å². The van der Waals surface area contributed by atoms with Crippen LogP contribution in [-0.4, -0.2) is 32.5 Å². The average molecular weight is 329 g/mol. The largest absolute Gasteiger partial charge is 0.413 e. The van der Waals surface area contributed by atoms with Gasteiger partial charge in [0.1, 0.15) is 5.02 Å². The standard InChI is InChI=1S/C13H17ClN4O4/c1-17-13(20)9(14)11(12(16-17)18(21)22)15-10-7-3-2-6(4-7)8(10)5-19/h6-8,10,15,19H,2-5H2,1H3/t6-,7+,8-,10+/m0/s1. The fraction of sp³-hybridized carbons (Fsp3) is 0.692. The van der Waals surface area contributed by atoms with Gasteiger partial charge < -0.3 is 20.5 Å². The maximum Gasteiger partial charge on any atom is 0.413 e. The zero-order valence-corrected chi connectivity index (χ0v) is 12.8. The van der Waals surface area contributed by atoms with E-state index in [9.17, 15) is 20.0 Å². The second kappa shape index (κ2) is 5.51. The highest BCUT2D eigenvalue weighted by Gasteiger charge is 2.48. The third-order valence-corrected chi connectivity index (χ3v) is 5.30. The number of aliphatic hydroxyl groups excluding tert-OH is 1. The maximum absolute atomic E-state index is 11.9. The van der Waals surface area contributed by atoms with Gasteiger partial charge >= 0.3 is 11.4 Å². The Morgan fingerprint density at radius 2 is 2.18 bits per heavy atom. The molecule has 2 fully saturated rings. The van der Waals surface area contributed by atoms with Gasteiger partial charge in [0.15, 0.2) is 5.69 Å². The summed E-state index contributed by atoms with van der Waals surface area (Å²) < 4.78 is 0.857. The zero-order valence-electron chi connectivity index (χ0n) is 12.0. The summed E-state index contributed by atoms with van der Waals surface area (Å²) in [4.78, 5) is 22.4. The van der Waals surface area contributed by atoms with Crippen LogP contribution >= 0.6 is 11.6 Å². The molecule has 0 aromatic carbocycles. The van der Waals surface area contributed by atoms with E-state index in [1.165, 1.54) is 7.05 Å². The molecule has 0 spiro atoms. The minimum Gasteiger partial charge on any atom is -0.396 e. The number of hydrogen-bond donors (Lipinski definition) is 2. The number of anilines is 1. The van der Waals surface area contributed by atoms with E-state index in [4.69, 9.17) is 11.6 Å². The highest BCUT2D eigenvalue weighted by molar-refractivity contribution is 6.33. The molecule has 1 aromatic heterocycles. The van der Waals surface area contributed by atoms with E-state index in [2.05, 4.69) is 10.4 Å². The summed E-state index contributed by atoms with van der Waals surface area (Å²) in [7, 11) is 1.32. The van der Waals surface area contributed by atoms with Crippen LogP contribution in [0.4, 0.5) is 11.5 Å². The summed E-state index contributed by atoms with van der Waals surface area (Å²) in [5.41, 5.74) is -0.621. The lowest BCUT2D eigenvalue weighted by atomic mass is 9.85. The topological polar surface area (TPSA) is 110 Å². The molecule has 2 aliphatic rings. The van der Waals surface area contributed by atoms with Gasteiger partial charge in [-0.05, 0) is 36.0 Å². The summed E-state index contributed by atoms with van der Waals surface area (Å²) in [6.45, 7) is 0.0164. The fourth-order valence-corrected chi connectivity index (χ4v) is 4.17. The highest BCUT2D eigenvalue weighted by Crippen LogP contribution is 2.50. The second-order valence-electron chi connectivity index (χ2n) is 6.05. The molecule has 2 saturated carbocycles. The Labute approximate surface area is 131 Å². The van der Waals surface area contributed by atoms with Crippen molar-refractivity contribution in [3.63, 3.8) is 0 Å². The van der Waals surface area contributed by atoms with Crippen molar-refractivity contribution in [2.75, 3.05) is 11.9 Å². The minimum absolute atomic E-state index is 0.0164. The van der Waals surface area contributed by atoms with E-state index in [0.29, 0.717) is 11.8 Å². The van der Waals surface area contributed by atoms with E-state index < -0.39 is 16.3 Å². The van der Waals surface area contributed by atoms with Gasteiger partial charge in [0.05, 0.1) is 12.1 Å². The second-order valence-corrected chi connectivity index (χ2v) is 6.43. The maximum atomic E-state index is 11.9. The van der Waals surface area contributed by atoms with Crippen LogP contribution in [-0.2, 0) is 7.05 Å². The first-order chi connectivity index (χ1) is 10.4. The van der Waals surface area contributed by atoms with Gasteiger partial charge in [-0.3, -0.25) is 4.79 Å². The van der Waals surface area contributed by atoms with Gasteiger partial charge in [0.25, 0.3) is 0 Å². The summed E-state index contributed by atoms with van der Waals surface area (Å²) in [6.07, 6.45) is 3.08. The molecule has 0 aliphatic heterocycles. The van der Waals surface area contributed by atoms with Crippen LogP contribution in [0.25, 0.3) is 0 Å². The van der Waals surface area contributed by atoms with Crippen molar-refractivity contribution >= 4 is 23.1 Å². The molecule has 1 heterocycles. The lowest BCUT2D eigenvalue weighted by molar-refractivity contribution is -0.389. The zero-order chi connectivity index (χ0) is 16.0. The molecule has 0 unspecified atom stereocenters. The van der Waals surface area contributed by atoms with E-state index >= 15 is 0 Å². The van der Waals surface area contributed by atoms with Gasteiger partial charge in [-0.1, -0.05) is 11.6 Å². The van der Waals surface area contributed by atoms with Gasteiger partial charge in [-0.2, -0.15) is 0 Å². The Kier molecular flexibility index (Phi) is 3.82. The van der Waals surface area contributed by atoms with Crippen LogP contribution < -0.4 is 10.9 Å². The Balaban J connectivity index is 2.00. The third kappa shape index (κ3) is 2.26. The van der Waals surface area contributed by atoms with E-state index in [-0.39, 0.29) is 29.3 Å². The number of aromatic nitrogens is 2. The molecule has 9 heteroatoms. The Morgan fingerprint density at radius 1 is 1.50 bits per heavy atom. The normalized spacial score (nSPS) is 29.8. The van der Waals surface area contributed by atoms with Crippen LogP contribution in [0.1, 0.15) is 19.3 Å². The van der Waals surface area contributed by atoms with Crippen molar-refractivity contribution in [2.45, 2.75) is 25.3 Å². The smallest absolute Gasteiger partial charge is 0.396 e. The number of hydrogen-bond acceptors (Lipinski definition) is 6. The fourth-order valence-electron chi connectivity index (χ4n) is 3.91. The number of nitro groups is 1. The van der Waals surface area contributed by atoms with Crippen molar-refractivity contribution in [1.82, 2.24) is 9.78 Å². The van der Waals surface area contributed by atoms with E-state index in [1.54, 1.807) is 0 Å². The molecule has 2 N–H and O–H groups in total. The molecule has 22 heavy (non-hydrogen) atoms. The van der Waals surface area contributed by atoms with Crippen LogP contribution in [0.3, 0.4) is 0 Å². The molecule has 2 aliphatic carbocycles. The van der Waals surface area contributed by atoms with Crippen molar-refractivity contribution in [3.05, 3.63) is 25.5 Å². The van der Waals surface area contributed by atoms with Crippen LogP contribution in [0.15, 0.2) is 4.79 Å². The van der Waals surface area contributed by atoms with E-state index in [0.717, 1.165) is 23.9 Å². The first-order valence-electron chi connectivity index (χ1n) is 7.22. The molecule has 3 rings (SSSR count). The number of rotatable bonds is 4. The Bertz CT molecular complexity index is 677. The molecule has 2 bridgehead atoms. The van der Waals surface area contributed by atoms with Crippen LogP contribution in [0, 0.1) is 27.9 Å². The SMILES string of the molecule is Cn1nc([N+](=O)[O-])c(N[C@@H]2[C@@H]3CC[C@@H](C3)[C@@H]2CO)c(Cl)c1=O. The molecule has 1 aromatic rings. The number of aryl methyl sites for hydroxylation is 1. The number of aliphatic hydroxyl groups is 1. The lowest BCUT2D eigenvalue weighted by Gasteiger charge is -2.31. The predicted octanol–water partition coefficient (Wildman–Crippen LogP) is 1.16. The van der Waals surface area contributed by atoms with Crippen LogP contribution in [0.2, 0.25) is 5.02 Å². The first kappa shape index (κ1) is 15.2. The quantitative estimate of drug-likeness (QED) is 0.634. The third-order valence-electron chi connectivity index (χ3n) is 4.95. The molecular formula is C13H17ClN4O4. The van der Waals surface area contributed by atoms with Crippen molar-refractivity contribution in [1.29, 1.82) is 0 Å². The number of nitrogens with zero attached hydrogens (tertiary/aromatic N) is 3. The lowest BCUT2D eigenvalue weighted by Crippen LogP contribution is -2.37. The highest BCUT2D eigenvalue weighted by atomic mass is 35.5. The average Bonchev–Trinajstić information content (AvgIpc) is 3.08. The molecule has 4 atom stereocenters. The molecule has 0 radical (unpaired) electrons. The summed E-state index contributed by atoms with van der Waals surface area (Å²) in [6, 6.07) is -0.117. The first-order valence-corrected chi connectivity index (χ1v) is 7.60. The number of nitrogens with one attached hydrogen (secondary N) is 1.